The first-order valence-corrected chi connectivity index (χ1v) is 5.68. The number of aryl methyl sites for hydroxylation is 1. The topological polar surface area (TPSA) is 9.23 Å². The van der Waals surface area contributed by atoms with Crippen molar-refractivity contribution >= 4 is 12.2 Å². The molecule has 0 N–H and O–H groups in total. The molecule has 0 heterocycles. The third-order valence-corrected chi connectivity index (χ3v) is 2.77. The van der Waals surface area contributed by atoms with Crippen molar-refractivity contribution in [3.05, 3.63) is 65.2 Å². The fourth-order valence-electron chi connectivity index (χ4n) is 1.76. The minimum absolute atomic E-state index is 0.900. The van der Waals surface area contributed by atoms with Gasteiger partial charge in [0.05, 0.1) is 7.11 Å². The molecule has 0 aliphatic heterocycles. The normalized spacial score (nSPS) is 10.7. The predicted molar refractivity (Wildman–Crippen MR) is 73.1 cm³/mol. The van der Waals surface area contributed by atoms with E-state index in [-0.39, 0.29) is 0 Å². The van der Waals surface area contributed by atoms with E-state index in [1.165, 1.54) is 11.1 Å². The number of para-hydroxylation sites is 1. The predicted octanol–water partition coefficient (Wildman–Crippen LogP) is 4.17. The van der Waals surface area contributed by atoms with Crippen molar-refractivity contribution < 1.29 is 4.74 Å². The Morgan fingerprint density at radius 1 is 0.824 bits per heavy atom. The number of hydrogen-bond donors (Lipinski definition) is 0. The van der Waals surface area contributed by atoms with Gasteiger partial charge in [0.1, 0.15) is 5.75 Å². The average Bonchev–Trinajstić information content (AvgIpc) is 2.38. The smallest absolute Gasteiger partial charge is 0.126 e. The van der Waals surface area contributed by atoms with Crippen LogP contribution >= 0.6 is 0 Å². The van der Waals surface area contributed by atoms with Gasteiger partial charge < -0.3 is 4.74 Å². The molecule has 86 valence electrons. The molecule has 17 heavy (non-hydrogen) atoms. The monoisotopic (exact) mass is 224 g/mol. The number of ether oxygens (including phenoxy) is 1. The van der Waals surface area contributed by atoms with Gasteiger partial charge >= 0.3 is 0 Å². The van der Waals surface area contributed by atoms with E-state index < -0.39 is 0 Å². The van der Waals surface area contributed by atoms with Crippen LogP contribution in [0.15, 0.2) is 48.5 Å². The van der Waals surface area contributed by atoms with Gasteiger partial charge in [-0.1, -0.05) is 54.6 Å². The third kappa shape index (κ3) is 2.76. The van der Waals surface area contributed by atoms with Gasteiger partial charge in [-0.25, -0.2) is 0 Å². The van der Waals surface area contributed by atoms with E-state index in [2.05, 4.69) is 43.3 Å². The summed E-state index contributed by atoms with van der Waals surface area (Å²) in [5.41, 5.74) is 3.61. The molecule has 2 aromatic rings. The Morgan fingerprint density at radius 3 is 2.12 bits per heavy atom. The van der Waals surface area contributed by atoms with Gasteiger partial charge in [0.25, 0.3) is 0 Å². The van der Waals surface area contributed by atoms with Crippen molar-refractivity contribution in [2.24, 2.45) is 0 Å². The molecule has 0 amide bonds. The van der Waals surface area contributed by atoms with Crippen LogP contribution in [-0.4, -0.2) is 7.11 Å². The van der Waals surface area contributed by atoms with Crippen molar-refractivity contribution in [2.45, 2.75) is 6.92 Å². The first-order chi connectivity index (χ1) is 8.31. The Morgan fingerprint density at radius 2 is 1.41 bits per heavy atom. The second kappa shape index (κ2) is 5.35. The number of methoxy groups -OCH3 is 1. The SMILES string of the molecule is COc1ccccc1/C=C/c1ccccc1C. The van der Waals surface area contributed by atoms with Crippen LogP contribution in [0.2, 0.25) is 0 Å². The Bertz CT molecular complexity index is 527. The molecular weight excluding hydrogens is 208 g/mol. The van der Waals surface area contributed by atoms with Crippen LogP contribution in [0, 0.1) is 6.92 Å². The average molecular weight is 224 g/mol. The summed E-state index contributed by atoms with van der Waals surface area (Å²) in [7, 11) is 1.69. The molecule has 0 saturated heterocycles. The van der Waals surface area contributed by atoms with Crippen LogP contribution in [0.3, 0.4) is 0 Å². The standard InChI is InChI=1S/C16H16O/c1-13-7-3-4-8-14(13)11-12-15-9-5-6-10-16(15)17-2/h3-12H,1-2H3/b12-11+. The van der Waals surface area contributed by atoms with Gasteiger partial charge in [0.2, 0.25) is 0 Å². The lowest BCUT2D eigenvalue weighted by molar-refractivity contribution is 0.414. The van der Waals surface area contributed by atoms with E-state index in [1.807, 2.05) is 24.3 Å². The van der Waals surface area contributed by atoms with Gasteiger partial charge in [-0.2, -0.15) is 0 Å². The molecule has 0 unspecified atom stereocenters. The van der Waals surface area contributed by atoms with Crippen molar-refractivity contribution in [1.82, 2.24) is 0 Å². The summed E-state index contributed by atoms with van der Waals surface area (Å²) in [6.07, 6.45) is 4.20. The first-order valence-electron chi connectivity index (χ1n) is 5.68. The van der Waals surface area contributed by atoms with E-state index in [4.69, 9.17) is 4.74 Å². The molecule has 0 aliphatic carbocycles. The highest BCUT2D eigenvalue weighted by Gasteiger charge is 1.97. The Kier molecular flexibility index (Phi) is 3.61. The molecule has 2 aromatic carbocycles. The summed E-state index contributed by atoms with van der Waals surface area (Å²) >= 11 is 0. The maximum absolute atomic E-state index is 5.31. The molecule has 0 bridgehead atoms. The van der Waals surface area contributed by atoms with Crippen LogP contribution in [0.4, 0.5) is 0 Å². The number of benzene rings is 2. The van der Waals surface area contributed by atoms with E-state index in [1.54, 1.807) is 7.11 Å². The van der Waals surface area contributed by atoms with Crippen LogP contribution in [0.5, 0.6) is 5.75 Å². The zero-order valence-electron chi connectivity index (χ0n) is 10.2. The van der Waals surface area contributed by atoms with E-state index in [0.29, 0.717) is 0 Å². The highest BCUT2D eigenvalue weighted by molar-refractivity contribution is 5.73. The van der Waals surface area contributed by atoms with Crippen molar-refractivity contribution in [3.8, 4) is 5.75 Å². The third-order valence-electron chi connectivity index (χ3n) is 2.77. The van der Waals surface area contributed by atoms with E-state index in [9.17, 15) is 0 Å². The molecule has 0 spiro atoms. The fourth-order valence-corrected chi connectivity index (χ4v) is 1.76. The number of hydrogen-bond acceptors (Lipinski definition) is 1. The zero-order valence-corrected chi connectivity index (χ0v) is 10.2. The molecule has 1 heteroatoms. The highest BCUT2D eigenvalue weighted by Crippen LogP contribution is 2.20. The maximum Gasteiger partial charge on any atom is 0.126 e. The molecule has 0 saturated carbocycles. The quantitative estimate of drug-likeness (QED) is 0.711. The first kappa shape index (κ1) is 11.5. The van der Waals surface area contributed by atoms with Crippen LogP contribution < -0.4 is 4.74 Å². The molecule has 1 nitrogen and oxygen atoms in total. The van der Waals surface area contributed by atoms with Gasteiger partial charge in [0, 0.05) is 5.56 Å². The molecule has 0 radical (unpaired) electrons. The van der Waals surface area contributed by atoms with Crippen molar-refractivity contribution in [2.75, 3.05) is 7.11 Å². The summed E-state index contributed by atoms with van der Waals surface area (Å²) in [6, 6.07) is 16.3. The minimum Gasteiger partial charge on any atom is -0.496 e. The second-order valence-electron chi connectivity index (χ2n) is 3.93. The van der Waals surface area contributed by atoms with Crippen molar-refractivity contribution in [3.63, 3.8) is 0 Å². The Labute approximate surface area is 102 Å². The second-order valence-corrected chi connectivity index (χ2v) is 3.93. The largest absolute Gasteiger partial charge is 0.496 e. The van der Waals surface area contributed by atoms with Crippen LogP contribution in [-0.2, 0) is 0 Å². The Balaban J connectivity index is 2.29. The summed E-state index contributed by atoms with van der Waals surface area (Å²) in [4.78, 5) is 0. The molecule has 0 fully saturated rings. The van der Waals surface area contributed by atoms with E-state index >= 15 is 0 Å². The lowest BCUT2D eigenvalue weighted by atomic mass is 10.1. The molecule has 0 aromatic heterocycles. The van der Waals surface area contributed by atoms with Gasteiger partial charge in [-0.05, 0) is 24.1 Å². The van der Waals surface area contributed by atoms with Gasteiger partial charge in [-0.15, -0.1) is 0 Å². The van der Waals surface area contributed by atoms with Crippen molar-refractivity contribution in [1.29, 1.82) is 0 Å². The highest BCUT2D eigenvalue weighted by atomic mass is 16.5. The lowest BCUT2D eigenvalue weighted by Gasteiger charge is -2.04. The van der Waals surface area contributed by atoms with Crippen LogP contribution in [0.1, 0.15) is 16.7 Å². The molecular formula is C16H16O. The number of rotatable bonds is 3. The lowest BCUT2D eigenvalue weighted by Crippen LogP contribution is -1.85. The minimum atomic E-state index is 0.900. The molecule has 0 atom stereocenters. The summed E-state index contributed by atoms with van der Waals surface area (Å²) in [5.74, 6) is 0.900. The van der Waals surface area contributed by atoms with Gasteiger partial charge in [-0.3, -0.25) is 0 Å². The Hall–Kier alpha value is -2.02. The molecule has 0 aliphatic rings. The summed E-state index contributed by atoms with van der Waals surface area (Å²) in [5, 5.41) is 0. The zero-order chi connectivity index (χ0) is 12.1. The fraction of sp³-hybridized carbons (Fsp3) is 0.125. The maximum atomic E-state index is 5.31. The van der Waals surface area contributed by atoms with E-state index in [0.717, 1.165) is 11.3 Å². The molecule has 2 rings (SSSR count). The summed E-state index contributed by atoms with van der Waals surface area (Å²) < 4.78 is 5.31. The van der Waals surface area contributed by atoms with Gasteiger partial charge in [0.15, 0.2) is 0 Å². The summed E-state index contributed by atoms with van der Waals surface area (Å²) in [6.45, 7) is 2.11. The van der Waals surface area contributed by atoms with Crippen LogP contribution in [0.25, 0.3) is 12.2 Å².